The first-order chi connectivity index (χ1) is 30.1. The molecule has 3 aromatic rings. The molecule has 1 aliphatic heterocycles. The minimum absolute atomic E-state index is 0.0192. The fourth-order valence-electron chi connectivity index (χ4n) is 9.20. The summed E-state index contributed by atoms with van der Waals surface area (Å²) in [5.74, 6) is -1.42. The molecule has 2 amide bonds. The number of oxime groups is 1. The Morgan fingerprint density at radius 2 is 1.73 bits per heavy atom. The number of rotatable bonds is 20. The van der Waals surface area contributed by atoms with Crippen LogP contribution in [0.5, 0.6) is 23.0 Å². The molecular weight excluding hydrogens is 802 g/mol. The molecule has 62 heavy (non-hydrogen) atoms. The number of hydrogen-bond acceptors (Lipinski definition) is 12. The molecule has 334 valence electrons. The van der Waals surface area contributed by atoms with Crippen molar-refractivity contribution in [2.75, 3.05) is 53.1 Å². The second-order valence-corrected chi connectivity index (χ2v) is 15.5. The number of ether oxygens (including phenoxy) is 6. The van der Waals surface area contributed by atoms with Crippen LogP contribution in [0, 0.1) is 23.6 Å². The lowest BCUT2D eigenvalue weighted by Gasteiger charge is -2.59. The molecular formula is C47H58FN3O11. The zero-order chi connectivity index (χ0) is 44.2. The Labute approximate surface area is 362 Å². The van der Waals surface area contributed by atoms with Crippen LogP contribution >= 0.6 is 0 Å². The summed E-state index contributed by atoms with van der Waals surface area (Å²) >= 11 is 0. The highest BCUT2D eigenvalue weighted by Crippen LogP contribution is 2.62. The smallest absolute Gasteiger partial charge is 0.417 e. The van der Waals surface area contributed by atoms with E-state index in [4.69, 9.17) is 38.4 Å². The number of aliphatic hydroxyl groups is 2. The van der Waals surface area contributed by atoms with Gasteiger partial charge in [0, 0.05) is 43.7 Å². The number of hydrogen-bond donors (Lipinski definition) is 3. The Hall–Kier alpha value is -5.64. The summed E-state index contributed by atoms with van der Waals surface area (Å²) in [5, 5.41) is 27.2. The number of unbranched alkanes of at least 4 members (excludes halogenated alkanes) is 2. The van der Waals surface area contributed by atoms with Crippen LogP contribution in [0.4, 0.5) is 19.7 Å². The lowest BCUT2D eigenvalue weighted by atomic mass is 9.55. The number of halogens is 1. The maximum absolute atomic E-state index is 14.1. The fourth-order valence-corrected chi connectivity index (χ4v) is 9.20. The number of nitrogens with one attached hydrogen (secondary N) is 1. The second-order valence-electron chi connectivity index (χ2n) is 15.5. The summed E-state index contributed by atoms with van der Waals surface area (Å²) in [7, 11) is 4.33. The zero-order valence-electron chi connectivity index (χ0n) is 35.8. The molecule has 0 spiro atoms. The van der Waals surface area contributed by atoms with E-state index in [0.717, 1.165) is 24.0 Å². The van der Waals surface area contributed by atoms with Crippen molar-refractivity contribution in [1.29, 1.82) is 0 Å². The highest BCUT2D eigenvalue weighted by Gasteiger charge is 2.65. The van der Waals surface area contributed by atoms with E-state index in [1.54, 1.807) is 53.4 Å². The van der Waals surface area contributed by atoms with Crippen LogP contribution < -0.4 is 24.3 Å². The molecule has 0 saturated heterocycles. The summed E-state index contributed by atoms with van der Waals surface area (Å²) in [4.78, 5) is 34.9. The fraction of sp³-hybridized carbons (Fsp3) is 0.468. The number of fused-ring (bicyclic) bond motifs is 2. The number of methoxy groups -OCH3 is 3. The molecule has 6 atom stereocenters. The highest BCUT2D eigenvalue weighted by molar-refractivity contribution is 6.03. The maximum atomic E-state index is 14.1. The van der Waals surface area contributed by atoms with E-state index >= 15 is 0 Å². The largest absolute Gasteiger partial charge is 0.497 e. The Balaban J connectivity index is 1.53. The topological polar surface area (TPSA) is 167 Å². The van der Waals surface area contributed by atoms with Crippen molar-refractivity contribution in [2.45, 2.75) is 76.2 Å². The third-order valence-electron chi connectivity index (χ3n) is 11.9. The molecule has 1 heterocycles. The molecule has 6 rings (SSSR count). The van der Waals surface area contributed by atoms with Crippen molar-refractivity contribution in [3.63, 3.8) is 0 Å². The van der Waals surface area contributed by atoms with Gasteiger partial charge >= 0.3 is 12.2 Å². The number of benzene rings is 3. The molecule has 0 bridgehead atoms. The van der Waals surface area contributed by atoms with Gasteiger partial charge in [-0.3, -0.25) is 10.2 Å². The van der Waals surface area contributed by atoms with E-state index in [1.807, 2.05) is 13.0 Å². The van der Waals surface area contributed by atoms with Gasteiger partial charge in [-0.25, -0.2) is 14.0 Å². The van der Waals surface area contributed by atoms with Crippen molar-refractivity contribution in [1.82, 2.24) is 4.90 Å². The third-order valence-corrected chi connectivity index (χ3v) is 11.9. The van der Waals surface area contributed by atoms with Crippen molar-refractivity contribution >= 4 is 23.6 Å². The summed E-state index contributed by atoms with van der Waals surface area (Å²) in [6, 6.07) is 15.2. The van der Waals surface area contributed by atoms with Gasteiger partial charge in [0.05, 0.1) is 45.3 Å². The molecule has 15 heteroatoms. The number of aliphatic hydroxyl groups excluding tert-OH is 2. The first-order valence-electron chi connectivity index (χ1n) is 21.1. The first-order valence-corrected chi connectivity index (χ1v) is 21.1. The molecule has 3 aromatic carbocycles. The standard InChI is InChI=1S/C47H58FN3O11/c1-6-24-59-47-42(51(46(55)58-5)29-30-14-16-32(48)17-15-30)28-39(50-60-7-2)36-25-31(12-8-10-22-52)35(13-9-11-23-53)43(44(36)47)37-26-34(19-21-40(37)62-47)61-45(54)49-38-20-18-33(56-3)27-41(38)57-4/h6,14-21,25-27,31,35,42-44,52-53H,1,7-13,22-24,28-29H2,2-5H3,(H,49,54). The molecule has 0 radical (unpaired) electrons. The van der Waals surface area contributed by atoms with E-state index < -0.39 is 35.8 Å². The summed E-state index contributed by atoms with van der Waals surface area (Å²) < 4.78 is 50.4. The average molecular weight is 860 g/mol. The number of amides is 2. The second kappa shape index (κ2) is 21.4. The SMILES string of the molecule is C=CCOC12Oc3ccc(OC(=O)Nc4ccc(OC)cc4OC)cc3C3C(CCCCO)C(CCCCO)C=C(C(=NOCC)CC1N(Cc1ccc(F)cc1)C(=O)OC)C32. The van der Waals surface area contributed by atoms with Crippen LogP contribution in [0.2, 0.25) is 0 Å². The van der Waals surface area contributed by atoms with E-state index in [9.17, 15) is 24.2 Å². The van der Waals surface area contributed by atoms with Crippen LogP contribution in [0.3, 0.4) is 0 Å². The zero-order valence-corrected chi connectivity index (χ0v) is 35.8. The van der Waals surface area contributed by atoms with E-state index in [-0.39, 0.29) is 62.9 Å². The molecule has 2 aliphatic carbocycles. The van der Waals surface area contributed by atoms with Crippen LogP contribution in [0.1, 0.15) is 68.9 Å². The van der Waals surface area contributed by atoms with Gasteiger partial charge in [-0.2, -0.15) is 0 Å². The molecule has 1 saturated carbocycles. The molecule has 3 N–H and O–H groups in total. The minimum atomic E-state index is -1.56. The van der Waals surface area contributed by atoms with Gasteiger partial charge in [0.2, 0.25) is 5.79 Å². The number of carbonyl (C=O) groups is 2. The monoisotopic (exact) mass is 859 g/mol. The Morgan fingerprint density at radius 3 is 2.40 bits per heavy atom. The summed E-state index contributed by atoms with van der Waals surface area (Å²) in [6.07, 6.45) is 6.72. The number of carbonyl (C=O) groups excluding carboxylic acids is 2. The number of nitrogens with zero attached hydrogens (tertiary/aromatic N) is 2. The quantitative estimate of drug-likeness (QED) is 0.0568. The van der Waals surface area contributed by atoms with Crippen molar-refractivity contribution in [3.8, 4) is 23.0 Å². The normalized spacial score (nSPS) is 22.9. The number of allylic oxidation sites excluding steroid dienone is 1. The molecule has 14 nitrogen and oxygen atoms in total. The Bertz CT molecular complexity index is 2080. The first kappa shape index (κ1) is 45.9. The third kappa shape index (κ3) is 10.0. The Kier molecular flexibility index (Phi) is 15.9. The summed E-state index contributed by atoms with van der Waals surface area (Å²) in [5.41, 5.74) is 3.22. The van der Waals surface area contributed by atoms with E-state index in [0.29, 0.717) is 59.9 Å². The predicted octanol–water partition coefficient (Wildman–Crippen LogP) is 8.38. The van der Waals surface area contributed by atoms with Gasteiger partial charge in [-0.1, -0.05) is 42.3 Å². The van der Waals surface area contributed by atoms with E-state index in [2.05, 4.69) is 18.0 Å². The van der Waals surface area contributed by atoms with Gasteiger partial charge < -0.3 is 43.5 Å². The lowest BCUT2D eigenvalue weighted by Crippen LogP contribution is -2.70. The summed E-state index contributed by atoms with van der Waals surface area (Å²) in [6.45, 7) is 6.25. The van der Waals surface area contributed by atoms with Crippen molar-refractivity contribution in [2.24, 2.45) is 22.9 Å². The Morgan fingerprint density at radius 1 is 0.984 bits per heavy atom. The van der Waals surface area contributed by atoms with E-state index in [1.165, 1.54) is 33.5 Å². The van der Waals surface area contributed by atoms with Gasteiger partial charge in [-0.05, 0) is 98.0 Å². The van der Waals surface area contributed by atoms with Crippen LogP contribution in [-0.4, -0.2) is 92.6 Å². The lowest BCUT2D eigenvalue weighted by molar-refractivity contribution is -0.256. The molecule has 0 aromatic heterocycles. The molecule has 6 unspecified atom stereocenters. The van der Waals surface area contributed by atoms with Crippen LogP contribution in [0.15, 0.2) is 90.1 Å². The predicted molar refractivity (Wildman–Crippen MR) is 230 cm³/mol. The van der Waals surface area contributed by atoms with Gasteiger partial charge in [0.1, 0.15) is 41.5 Å². The molecule has 3 aliphatic rings. The van der Waals surface area contributed by atoms with Gasteiger partial charge in [-0.15, -0.1) is 6.58 Å². The van der Waals surface area contributed by atoms with Crippen LogP contribution in [-0.2, 0) is 20.9 Å². The number of anilines is 1. The minimum Gasteiger partial charge on any atom is -0.497 e. The van der Waals surface area contributed by atoms with Crippen molar-refractivity contribution in [3.05, 3.63) is 102 Å². The highest BCUT2D eigenvalue weighted by atomic mass is 19.1. The molecule has 1 fully saturated rings. The van der Waals surface area contributed by atoms with Gasteiger partial charge in [0.25, 0.3) is 0 Å². The van der Waals surface area contributed by atoms with Crippen LogP contribution in [0.25, 0.3) is 0 Å². The van der Waals surface area contributed by atoms with Crippen molar-refractivity contribution < 1.29 is 57.5 Å². The van der Waals surface area contributed by atoms with Gasteiger partial charge in [0.15, 0.2) is 0 Å². The maximum Gasteiger partial charge on any atom is 0.417 e. The average Bonchev–Trinajstić information content (AvgIpc) is 3.28.